The minimum atomic E-state index is -0.600. The molecule has 10 heteroatoms. The van der Waals surface area contributed by atoms with E-state index in [2.05, 4.69) is 5.32 Å². The average Bonchev–Trinajstić information content (AvgIpc) is 2.94. The zero-order valence-corrected chi connectivity index (χ0v) is 21.7. The Kier molecular flexibility index (Phi) is 8.65. The van der Waals surface area contributed by atoms with Crippen molar-refractivity contribution in [3.05, 3.63) is 106 Å². The van der Waals surface area contributed by atoms with Crippen molar-refractivity contribution >= 4 is 40.6 Å². The van der Waals surface area contributed by atoms with E-state index in [1.807, 2.05) is 70.5 Å². The van der Waals surface area contributed by atoms with Crippen molar-refractivity contribution in [2.24, 2.45) is 0 Å². The van der Waals surface area contributed by atoms with Crippen LogP contribution in [-0.4, -0.2) is 59.6 Å². The summed E-state index contributed by atoms with van der Waals surface area (Å²) in [4.78, 5) is 40.4. The lowest BCUT2D eigenvalue weighted by molar-refractivity contribution is -0.384. The number of nitro groups is 1. The Morgan fingerprint density at radius 3 is 2.08 bits per heavy atom. The third-order valence-corrected chi connectivity index (χ3v) is 6.71. The highest BCUT2D eigenvalue weighted by molar-refractivity contribution is 7.80. The quantitative estimate of drug-likeness (QED) is 0.210. The number of nitrogens with one attached hydrogen (secondary N) is 1. The number of amides is 1. The Morgan fingerprint density at radius 1 is 0.974 bits per heavy atom. The summed E-state index contributed by atoms with van der Waals surface area (Å²) in [7, 11) is 0. The van der Waals surface area contributed by atoms with Gasteiger partial charge in [0.2, 0.25) is 5.91 Å². The predicted octanol–water partition coefficient (Wildman–Crippen LogP) is 4.13. The van der Waals surface area contributed by atoms with Gasteiger partial charge in [-0.1, -0.05) is 60.7 Å². The molecule has 0 unspecified atom stereocenters. The Morgan fingerprint density at radius 2 is 1.55 bits per heavy atom. The van der Waals surface area contributed by atoms with E-state index in [9.17, 15) is 19.7 Å². The molecule has 1 aliphatic rings. The third kappa shape index (κ3) is 6.15. The number of carbonyl (C=O) groups excluding carboxylic acids is 2. The van der Waals surface area contributed by atoms with E-state index in [0.717, 1.165) is 11.1 Å². The van der Waals surface area contributed by atoms with Gasteiger partial charge in [0.25, 0.3) is 5.69 Å². The minimum Gasteiger partial charge on any atom is -0.462 e. The van der Waals surface area contributed by atoms with Crippen molar-refractivity contribution in [1.82, 2.24) is 10.2 Å². The van der Waals surface area contributed by atoms with Crippen molar-refractivity contribution in [2.75, 3.05) is 37.7 Å². The van der Waals surface area contributed by atoms with Gasteiger partial charge in [-0.3, -0.25) is 14.9 Å². The van der Waals surface area contributed by atoms with E-state index in [1.165, 1.54) is 12.1 Å². The molecule has 0 aliphatic carbocycles. The minimum absolute atomic E-state index is 0.135. The van der Waals surface area contributed by atoms with Crippen LogP contribution in [0.3, 0.4) is 0 Å². The summed E-state index contributed by atoms with van der Waals surface area (Å²) in [6.07, 6.45) is 0. The average molecular weight is 533 g/mol. The number of piperazine rings is 1. The second kappa shape index (κ2) is 12.3. The van der Waals surface area contributed by atoms with Gasteiger partial charge < -0.3 is 19.9 Å². The number of ether oxygens (including phenoxy) is 1. The Hall–Kier alpha value is -4.31. The molecule has 3 aromatic carbocycles. The highest BCUT2D eigenvalue weighted by Gasteiger charge is 2.28. The summed E-state index contributed by atoms with van der Waals surface area (Å²) >= 11 is 5.58. The van der Waals surface area contributed by atoms with E-state index >= 15 is 0 Å². The van der Waals surface area contributed by atoms with Gasteiger partial charge in [0.1, 0.15) is 5.69 Å². The molecule has 0 saturated carbocycles. The second-order valence-corrected chi connectivity index (χ2v) is 9.09. The highest BCUT2D eigenvalue weighted by Crippen LogP contribution is 2.30. The summed E-state index contributed by atoms with van der Waals surface area (Å²) in [6.45, 7) is 3.71. The topological polar surface area (TPSA) is 105 Å². The van der Waals surface area contributed by atoms with Gasteiger partial charge in [0.15, 0.2) is 5.11 Å². The first kappa shape index (κ1) is 26.7. The van der Waals surface area contributed by atoms with Crippen LogP contribution in [0.5, 0.6) is 0 Å². The van der Waals surface area contributed by atoms with Crippen LogP contribution < -0.4 is 10.2 Å². The van der Waals surface area contributed by atoms with Crippen molar-refractivity contribution in [2.45, 2.75) is 12.8 Å². The van der Waals surface area contributed by atoms with Crippen molar-refractivity contribution in [3.8, 4) is 0 Å². The lowest BCUT2D eigenvalue weighted by Gasteiger charge is -2.37. The zero-order chi connectivity index (χ0) is 27.1. The number of nitro benzene ring substituents is 1. The normalized spacial score (nSPS) is 13.2. The molecule has 1 N–H and O–H groups in total. The predicted molar refractivity (Wildman–Crippen MR) is 148 cm³/mol. The van der Waals surface area contributed by atoms with Gasteiger partial charge in [-0.05, 0) is 42.4 Å². The molecule has 9 nitrogen and oxygen atoms in total. The molecule has 38 heavy (non-hydrogen) atoms. The molecule has 4 rings (SSSR count). The van der Waals surface area contributed by atoms with Crippen LogP contribution in [0.1, 0.15) is 34.3 Å². The molecule has 1 saturated heterocycles. The summed E-state index contributed by atoms with van der Waals surface area (Å²) in [5.41, 5.74) is 2.13. The summed E-state index contributed by atoms with van der Waals surface area (Å²) < 4.78 is 4.96. The SMILES string of the molecule is CCOC(=O)c1ccc(N2CCN(C(=S)NC(=O)C(c3ccccc3)c3ccccc3)CC2)c([N+](=O)[O-])c1. The fourth-order valence-corrected chi connectivity index (χ4v) is 4.75. The number of benzene rings is 3. The van der Waals surface area contributed by atoms with E-state index in [1.54, 1.807) is 13.0 Å². The van der Waals surface area contributed by atoms with E-state index < -0.39 is 16.8 Å². The van der Waals surface area contributed by atoms with Crippen LogP contribution in [0, 0.1) is 10.1 Å². The number of rotatable bonds is 7. The third-order valence-electron chi connectivity index (χ3n) is 6.35. The van der Waals surface area contributed by atoms with Crippen LogP contribution in [0.15, 0.2) is 78.9 Å². The summed E-state index contributed by atoms with van der Waals surface area (Å²) in [5.74, 6) is -1.34. The number of nitrogens with zero attached hydrogens (tertiary/aromatic N) is 3. The first-order valence-corrected chi connectivity index (χ1v) is 12.7. The molecule has 196 valence electrons. The maximum Gasteiger partial charge on any atom is 0.338 e. The number of carbonyl (C=O) groups is 2. The van der Waals surface area contributed by atoms with Gasteiger partial charge in [0, 0.05) is 32.2 Å². The second-order valence-electron chi connectivity index (χ2n) is 8.70. The molecule has 1 amide bonds. The molecule has 1 aliphatic heterocycles. The number of hydrogen-bond donors (Lipinski definition) is 1. The van der Waals surface area contributed by atoms with Gasteiger partial charge >= 0.3 is 5.97 Å². The maximum atomic E-state index is 13.4. The smallest absolute Gasteiger partial charge is 0.338 e. The molecule has 1 heterocycles. The molecule has 3 aromatic rings. The van der Waals surface area contributed by atoms with Crippen molar-refractivity contribution < 1.29 is 19.2 Å². The fourth-order valence-electron chi connectivity index (χ4n) is 4.47. The van der Waals surface area contributed by atoms with Crippen LogP contribution in [0.25, 0.3) is 0 Å². The molecule has 0 spiro atoms. The van der Waals surface area contributed by atoms with E-state index in [0.29, 0.717) is 37.0 Å². The zero-order valence-electron chi connectivity index (χ0n) is 20.9. The van der Waals surface area contributed by atoms with Gasteiger partial charge in [-0.2, -0.15) is 0 Å². The van der Waals surface area contributed by atoms with Crippen LogP contribution in [0.2, 0.25) is 0 Å². The van der Waals surface area contributed by atoms with Crippen LogP contribution in [-0.2, 0) is 9.53 Å². The fraction of sp³-hybridized carbons (Fsp3) is 0.250. The molecular weight excluding hydrogens is 504 g/mol. The van der Waals surface area contributed by atoms with Crippen LogP contribution >= 0.6 is 12.2 Å². The molecule has 1 fully saturated rings. The Bertz CT molecular complexity index is 1270. The molecule has 0 bridgehead atoms. The standard InChI is InChI=1S/C28H28N4O5S/c1-2-37-27(34)22-13-14-23(24(19-22)32(35)36)30-15-17-31(18-16-30)28(38)29-26(33)25(20-9-5-3-6-10-20)21-11-7-4-8-12-21/h3-14,19,25H,2,15-18H2,1H3,(H,29,33,38). The van der Waals surface area contributed by atoms with Crippen LogP contribution in [0.4, 0.5) is 11.4 Å². The molecule has 0 aromatic heterocycles. The molecular formula is C28H28N4O5S. The Balaban J connectivity index is 1.43. The monoisotopic (exact) mass is 532 g/mol. The number of anilines is 1. The van der Waals surface area contributed by atoms with Crippen molar-refractivity contribution in [1.29, 1.82) is 0 Å². The summed E-state index contributed by atoms with van der Waals surface area (Å²) in [5, 5.41) is 15.0. The summed E-state index contributed by atoms with van der Waals surface area (Å²) in [6, 6.07) is 23.4. The number of esters is 1. The van der Waals surface area contributed by atoms with Gasteiger partial charge in [-0.25, -0.2) is 4.79 Å². The first-order valence-electron chi connectivity index (χ1n) is 12.3. The number of hydrogen-bond acceptors (Lipinski definition) is 7. The highest BCUT2D eigenvalue weighted by atomic mass is 32.1. The maximum absolute atomic E-state index is 13.4. The number of thiocarbonyl (C=S) groups is 1. The van der Waals surface area contributed by atoms with E-state index in [4.69, 9.17) is 17.0 Å². The van der Waals surface area contributed by atoms with Gasteiger partial charge in [0.05, 0.1) is 23.0 Å². The first-order chi connectivity index (χ1) is 18.4. The Labute approximate surface area is 226 Å². The lowest BCUT2D eigenvalue weighted by Crippen LogP contribution is -2.53. The van der Waals surface area contributed by atoms with E-state index in [-0.39, 0.29) is 23.8 Å². The van der Waals surface area contributed by atoms with Gasteiger partial charge in [-0.15, -0.1) is 0 Å². The largest absolute Gasteiger partial charge is 0.462 e. The van der Waals surface area contributed by atoms with Crippen molar-refractivity contribution in [3.63, 3.8) is 0 Å². The molecule has 0 radical (unpaired) electrons. The molecule has 0 atom stereocenters. The lowest BCUT2D eigenvalue weighted by atomic mass is 9.90.